The summed E-state index contributed by atoms with van der Waals surface area (Å²) in [5, 5.41) is 0. The molecule has 0 atom stereocenters. The summed E-state index contributed by atoms with van der Waals surface area (Å²) < 4.78 is 1.95. The summed E-state index contributed by atoms with van der Waals surface area (Å²) in [6.45, 7) is 9.97. The van der Waals surface area contributed by atoms with Crippen LogP contribution in [0.4, 0.5) is 0 Å². The standard InChI is InChI=1S/C16H24N2O2/c1-5-17(6-2)15(20)11-18-8-7-12-13(18)9-16(3,4)10-14(12)19/h7-8H,5-6,9-11H2,1-4H3. The van der Waals surface area contributed by atoms with Gasteiger partial charge in [-0.25, -0.2) is 0 Å². The lowest BCUT2D eigenvalue weighted by Gasteiger charge is -2.30. The van der Waals surface area contributed by atoms with E-state index in [9.17, 15) is 9.59 Å². The molecule has 1 aliphatic rings. The van der Waals surface area contributed by atoms with Gasteiger partial charge in [-0.15, -0.1) is 0 Å². The molecular formula is C16H24N2O2. The molecule has 0 aromatic carbocycles. The highest BCUT2D eigenvalue weighted by molar-refractivity contribution is 5.99. The molecule has 0 bridgehead atoms. The fourth-order valence-electron chi connectivity index (χ4n) is 2.97. The molecule has 110 valence electrons. The second-order valence-corrected chi connectivity index (χ2v) is 6.31. The maximum Gasteiger partial charge on any atom is 0.242 e. The number of rotatable bonds is 4. The lowest BCUT2D eigenvalue weighted by Crippen LogP contribution is -2.34. The van der Waals surface area contributed by atoms with Crippen LogP contribution in [0.2, 0.25) is 0 Å². The summed E-state index contributed by atoms with van der Waals surface area (Å²) in [6.07, 6.45) is 3.33. The third kappa shape index (κ3) is 2.79. The van der Waals surface area contributed by atoms with Gasteiger partial charge < -0.3 is 9.47 Å². The van der Waals surface area contributed by atoms with E-state index in [2.05, 4.69) is 13.8 Å². The fourth-order valence-corrected chi connectivity index (χ4v) is 2.97. The third-order valence-electron chi connectivity index (χ3n) is 4.09. The molecule has 0 N–H and O–H groups in total. The van der Waals surface area contributed by atoms with E-state index in [0.29, 0.717) is 13.0 Å². The van der Waals surface area contributed by atoms with Crippen molar-refractivity contribution in [3.63, 3.8) is 0 Å². The van der Waals surface area contributed by atoms with Gasteiger partial charge in [0.05, 0.1) is 0 Å². The largest absolute Gasteiger partial charge is 0.342 e. The lowest BCUT2D eigenvalue weighted by molar-refractivity contribution is -0.131. The van der Waals surface area contributed by atoms with Crippen LogP contribution in [-0.2, 0) is 17.8 Å². The van der Waals surface area contributed by atoms with Gasteiger partial charge in [0.25, 0.3) is 0 Å². The average molecular weight is 276 g/mol. The molecule has 1 aromatic heterocycles. The van der Waals surface area contributed by atoms with Crippen LogP contribution in [0.5, 0.6) is 0 Å². The lowest BCUT2D eigenvalue weighted by atomic mass is 9.76. The number of nitrogens with zero attached hydrogens (tertiary/aromatic N) is 2. The molecule has 0 saturated heterocycles. The number of carbonyl (C=O) groups is 2. The van der Waals surface area contributed by atoms with E-state index < -0.39 is 0 Å². The molecule has 1 heterocycles. The van der Waals surface area contributed by atoms with Crippen molar-refractivity contribution < 1.29 is 9.59 Å². The molecule has 0 radical (unpaired) electrons. The predicted octanol–water partition coefficient (Wildman–Crippen LogP) is 2.51. The molecule has 0 fully saturated rings. The van der Waals surface area contributed by atoms with Crippen LogP contribution >= 0.6 is 0 Å². The number of fused-ring (bicyclic) bond motifs is 1. The second kappa shape index (κ2) is 5.43. The van der Waals surface area contributed by atoms with Gasteiger partial charge in [-0.3, -0.25) is 9.59 Å². The molecule has 20 heavy (non-hydrogen) atoms. The van der Waals surface area contributed by atoms with Crippen molar-refractivity contribution in [2.45, 2.75) is 47.1 Å². The van der Waals surface area contributed by atoms with Crippen molar-refractivity contribution in [3.05, 3.63) is 23.5 Å². The Morgan fingerprint density at radius 3 is 2.55 bits per heavy atom. The molecule has 1 aromatic rings. The van der Waals surface area contributed by atoms with Gasteiger partial charge in [-0.05, 0) is 31.7 Å². The van der Waals surface area contributed by atoms with E-state index in [-0.39, 0.29) is 17.1 Å². The number of likely N-dealkylation sites (N-methyl/N-ethyl adjacent to an activating group) is 1. The third-order valence-corrected chi connectivity index (χ3v) is 4.09. The smallest absolute Gasteiger partial charge is 0.242 e. The Bertz CT molecular complexity index is 525. The van der Waals surface area contributed by atoms with Gasteiger partial charge in [-0.2, -0.15) is 0 Å². The van der Waals surface area contributed by atoms with Crippen LogP contribution in [-0.4, -0.2) is 34.2 Å². The quantitative estimate of drug-likeness (QED) is 0.848. The van der Waals surface area contributed by atoms with E-state index in [1.165, 1.54) is 0 Å². The van der Waals surface area contributed by atoms with E-state index in [0.717, 1.165) is 30.8 Å². The number of carbonyl (C=O) groups excluding carboxylic acids is 2. The first-order valence-electron chi connectivity index (χ1n) is 7.37. The SMILES string of the molecule is CCN(CC)C(=O)Cn1ccc2c1CC(C)(C)CC2=O. The minimum Gasteiger partial charge on any atom is -0.342 e. The minimum atomic E-state index is -0.0154. The monoisotopic (exact) mass is 276 g/mol. The van der Waals surface area contributed by atoms with Crippen molar-refractivity contribution >= 4 is 11.7 Å². The molecule has 0 spiro atoms. The molecule has 0 aliphatic heterocycles. The number of aromatic nitrogens is 1. The zero-order valence-electron chi connectivity index (χ0n) is 12.9. The van der Waals surface area contributed by atoms with Crippen LogP contribution in [0.15, 0.2) is 12.3 Å². The Kier molecular flexibility index (Phi) is 4.02. The Morgan fingerprint density at radius 1 is 1.30 bits per heavy atom. The Labute approximate surface area is 120 Å². The van der Waals surface area contributed by atoms with Gasteiger partial charge in [-0.1, -0.05) is 13.8 Å². The molecule has 0 saturated carbocycles. The summed E-state index contributed by atoms with van der Waals surface area (Å²) >= 11 is 0. The molecule has 1 amide bonds. The van der Waals surface area contributed by atoms with Crippen molar-refractivity contribution in [1.29, 1.82) is 0 Å². The van der Waals surface area contributed by atoms with Crippen molar-refractivity contribution in [1.82, 2.24) is 9.47 Å². The zero-order valence-corrected chi connectivity index (χ0v) is 12.9. The average Bonchev–Trinajstić information content (AvgIpc) is 2.72. The summed E-state index contributed by atoms with van der Waals surface area (Å²) in [6, 6.07) is 1.86. The molecule has 1 aliphatic carbocycles. The Hall–Kier alpha value is -1.58. The van der Waals surface area contributed by atoms with Gasteiger partial charge in [0.1, 0.15) is 6.54 Å². The first-order valence-corrected chi connectivity index (χ1v) is 7.37. The van der Waals surface area contributed by atoms with Crippen molar-refractivity contribution in [3.8, 4) is 0 Å². The van der Waals surface area contributed by atoms with Gasteiger partial charge in [0, 0.05) is 37.0 Å². The fraction of sp³-hybridized carbons (Fsp3) is 0.625. The van der Waals surface area contributed by atoms with Gasteiger partial charge in [0.2, 0.25) is 5.91 Å². The number of hydrogen-bond donors (Lipinski definition) is 0. The first kappa shape index (κ1) is 14.8. The first-order chi connectivity index (χ1) is 9.38. The van der Waals surface area contributed by atoms with Crippen molar-refractivity contribution in [2.75, 3.05) is 13.1 Å². The predicted molar refractivity (Wildman–Crippen MR) is 78.8 cm³/mol. The second-order valence-electron chi connectivity index (χ2n) is 6.31. The Balaban J connectivity index is 2.24. The van der Waals surface area contributed by atoms with Crippen LogP contribution < -0.4 is 0 Å². The van der Waals surface area contributed by atoms with E-state index >= 15 is 0 Å². The molecule has 0 unspecified atom stereocenters. The Morgan fingerprint density at radius 2 is 1.95 bits per heavy atom. The summed E-state index contributed by atoms with van der Waals surface area (Å²) in [4.78, 5) is 26.2. The van der Waals surface area contributed by atoms with Gasteiger partial charge >= 0.3 is 0 Å². The number of amides is 1. The van der Waals surface area contributed by atoms with Gasteiger partial charge in [0.15, 0.2) is 5.78 Å². The number of Topliss-reactive ketones (excluding diaryl/α,β-unsaturated/α-hetero) is 1. The number of hydrogen-bond acceptors (Lipinski definition) is 2. The minimum absolute atomic E-state index is 0.0154. The number of ketones is 1. The maximum absolute atomic E-state index is 12.2. The summed E-state index contributed by atoms with van der Waals surface area (Å²) in [5.41, 5.74) is 1.81. The van der Waals surface area contributed by atoms with Crippen LogP contribution in [0, 0.1) is 5.41 Å². The highest BCUT2D eigenvalue weighted by atomic mass is 16.2. The molecular weight excluding hydrogens is 252 g/mol. The highest BCUT2D eigenvalue weighted by Crippen LogP contribution is 2.35. The molecule has 2 rings (SSSR count). The van der Waals surface area contributed by atoms with Crippen LogP contribution in [0.25, 0.3) is 0 Å². The summed E-state index contributed by atoms with van der Waals surface area (Å²) in [7, 11) is 0. The van der Waals surface area contributed by atoms with E-state index in [1.54, 1.807) is 0 Å². The van der Waals surface area contributed by atoms with Crippen LogP contribution in [0.3, 0.4) is 0 Å². The molecule has 4 heteroatoms. The van der Waals surface area contributed by atoms with E-state index in [1.807, 2.05) is 35.6 Å². The maximum atomic E-state index is 12.2. The van der Waals surface area contributed by atoms with Crippen molar-refractivity contribution in [2.24, 2.45) is 5.41 Å². The highest BCUT2D eigenvalue weighted by Gasteiger charge is 2.33. The van der Waals surface area contributed by atoms with E-state index in [4.69, 9.17) is 0 Å². The topological polar surface area (TPSA) is 42.3 Å². The summed E-state index contributed by atoms with van der Waals surface area (Å²) in [5.74, 6) is 0.314. The normalized spacial score (nSPS) is 16.9. The zero-order chi connectivity index (χ0) is 14.9. The van der Waals surface area contributed by atoms with Crippen LogP contribution in [0.1, 0.15) is 50.2 Å². The molecule has 4 nitrogen and oxygen atoms in total.